The average Bonchev–Trinajstić information content (AvgIpc) is 2.51. The molecule has 6 heteroatoms. The van der Waals surface area contributed by atoms with Crippen molar-refractivity contribution >= 4 is 52.8 Å². The van der Waals surface area contributed by atoms with Crippen LogP contribution in [0.2, 0.25) is 10.0 Å². The van der Waals surface area contributed by atoms with E-state index < -0.39 is 5.97 Å². The molecule has 0 aromatic heterocycles. The third-order valence-electron chi connectivity index (χ3n) is 3.00. The first-order valence-electron chi connectivity index (χ1n) is 7.30. The molecule has 0 atom stereocenters. The van der Waals surface area contributed by atoms with Crippen LogP contribution in [0.25, 0.3) is 6.08 Å². The molecule has 0 N–H and O–H groups in total. The first kappa shape index (κ1) is 20.1. The number of hydrogen-bond donors (Lipinski definition) is 0. The highest BCUT2D eigenvalue weighted by atomic mass is 35.5. The molecule has 126 valence electrons. The van der Waals surface area contributed by atoms with E-state index in [1.807, 2.05) is 18.2 Å². The van der Waals surface area contributed by atoms with Crippen LogP contribution in [0.1, 0.15) is 31.2 Å². The van der Waals surface area contributed by atoms with Gasteiger partial charge in [-0.1, -0.05) is 41.4 Å². The zero-order valence-electron chi connectivity index (χ0n) is 13.0. The molecule has 23 heavy (non-hydrogen) atoms. The van der Waals surface area contributed by atoms with Crippen molar-refractivity contribution in [1.29, 1.82) is 0 Å². The Morgan fingerprint density at radius 1 is 1.26 bits per heavy atom. The molecule has 1 rings (SSSR count). The van der Waals surface area contributed by atoms with Crippen molar-refractivity contribution in [2.45, 2.75) is 25.7 Å². The van der Waals surface area contributed by atoms with Crippen LogP contribution in [-0.4, -0.2) is 30.4 Å². The summed E-state index contributed by atoms with van der Waals surface area (Å²) < 4.78 is 4.45. The minimum Gasteiger partial charge on any atom is -0.469 e. The van der Waals surface area contributed by atoms with Gasteiger partial charge in [-0.25, -0.2) is 0 Å². The predicted octanol–water partition coefficient (Wildman–Crippen LogP) is 5.04. The van der Waals surface area contributed by atoms with Crippen molar-refractivity contribution in [1.82, 2.24) is 0 Å². The number of thioether (sulfide) groups is 1. The zero-order valence-corrected chi connectivity index (χ0v) is 15.3. The fourth-order valence-corrected chi connectivity index (χ4v) is 3.14. The number of carbonyl (C=O) groups excluding carboxylic acids is 2. The molecular weight excluding hydrogens is 355 g/mol. The van der Waals surface area contributed by atoms with E-state index >= 15 is 0 Å². The van der Waals surface area contributed by atoms with Crippen LogP contribution >= 0.6 is 35.0 Å². The minimum atomic E-state index is -0.471. The highest BCUT2D eigenvalue weighted by molar-refractivity contribution is 7.99. The Labute approximate surface area is 151 Å². The number of benzene rings is 1. The lowest BCUT2D eigenvalue weighted by Gasteiger charge is -2.01. The molecule has 0 saturated heterocycles. The van der Waals surface area contributed by atoms with Gasteiger partial charge in [-0.3, -0.25) is 9.59 Å². The van der Waals surface area contributed by atoms with E-state index in [0.717, 1.165) is 30.6 Å². The van der Waals surface area contributed by atoms with Crippen molar-refractivity contribution < 1.29 is 14.3 Å². The Bertz CT molecular complexity index is 559. The van der Waals surface area contributed by atoms with Gasteiger partial charge in [-0.05, 0) is 42.7 Å². The number of unbranched alkanes of at least 4 members (excludes halogenated alkanes) is 2. The Morgan fingerprint density at radius 3 is 2.74 bits per heavy atom. The van der Waals surface area contributed by atoms with Gasteiger partial charge in [0.2, 0.25) is 0 Å². The number of esters is 1. The SMILES string of the molecule is COC(=O)CC(=O)CSCCCC/C=C\c1ccc(Cl)cc1Cl. The second-order valence-electron chi connectivity index (χ2n) is 4.91. The lowest BCUT2D eigenvalue weighted by atomic mass is 10.1. The number of rotatable bonds is 10. The zero-order chi connectivity index (χ0) is 17.1. The predicted molar refractivity (Wildman–Crippen MR) is 98.3 cm³/mol. The van der Waals surface area contributed by atoms with Crippen LogP contribution in [0.3, 0.4) is 0 Å². The number of Topliss-reactive ketones (excluding diaryl/α,β-unsaturated/α-hetero) is 1. The van der Waals surface area contributed by atoms with Crippen LogP contribution in [-0.2, 0) is 14.3 Å². The van der Waals surface area contributed by atoms with Crippen molar-refractivity contribution in [2.24, 2.45) is 0 Å². The number of ether oxygens (including phenoxy) is 1. The van der Waals surface area contributed by atoms with Crippen molar-refractivity contribution in [2.75, 3.05) is 18.6 Å². The summed E-state index contributed by atoms with van der Waals surface area (Å²) in [6.07, 6.45) is 6.96. The lowest BCUT2D eigenvalue weighted by Crippen LogP contribution is -2.11. The first-order chi connectivity index (χ1) is 11.0. The third-order valence-corrected chi connectivity index (χ3v) is 4.67. The highest BCUT2D eigenvalue weighted by Gasteiger charge is 2.08. The maximum absolute atomic E-state index is 11.4. The summed E-state index contributed by atoms with van der Waals surface area (Å²) in [7, 11) is 1.29. The summed E-state index contributed by atoms with van der Waals surface area (Å²) in [4.78, 5) is 22.3. The van der Waals surface area contributed by atoms with Gasteiger partial charge in [0.25, 0.3) is 0 Å². The quantitative estimate of drug-likeness (QED) is 0.326. The van der Waals surface area contributed by atoms with Gasteiger partial charge in [0.05, 0.1) is 12.9 Å². The Morgan fingerprint density at radius 2 is 2.04 bits per heavy atom. The molecule has 0 saturated carbocycles. The molecule has 1 aromatic carbocycles. The van der Waals surface area contributed by atoms with E-state index in [-0.39, 0.29) is 12.2 Å². The van der Waals surface area contributed by atoms with Crippen LogP contribution in [0.5, 0.6) is 0 Å². The maximum Gasteiger partial charge on any atom is 0.313 e. The topological polar surface area (TPSA) is 43.4 Å². The highest BCUT2D eigenvalue weighted by Crippen LogP contribution is 2.22. The van der Waals surface area contributed by atoms with Gasteiger partial charge in [0.15, 0.2) is 5.78 Å². The summed E-state index contributed by atoms with van der Waals surface area (Å²) >= 11 is 13.5. The van der Waals surface area contributed by atoms with E-state index in [1.54, 1.807) is 17.8 Å². The molecule has 0 heterocycles. The lowest BCUT2D eigenvalue weighted by molar-refractivity contribution is -0.142. The molecule has 0 aliphatic heterocycles. The largest absolute Gasteiger partial charge is 0.469 e. The van der Waals surface area contributed by atoms with Gasteiger partial charge in [-0.15, -0.1) is 0 Å². The Hall–Kier alpha value is -0.970. The van der Waals surface area contributed by atoms with E-state index in [9.17, 15) is 9.59 Å². The van der Waals surface area contributed by atoms with Crippen LogP contribution in [0.15, 0.2) is 24.3 Å². The van der Waals surface area contributed by atoms with Crippen LogP contribution in [0, 0.1) is 0 Å². The standard InChI is InChI=1S/C17H20Cl2O3S/c1-22-17(21)11-15(20)12-23-9-5-3-2-4-6-13-7-8-14(18)10-16(13)19/h4,6-8,10H,2-3,5,9,11-12H2,1H3/b6-4-. The fraction of sp³-hybridized carbons (Fsp3) is 0.412. The van der Waals surface area contributed by atoms with Gasteiger partial charge in [0.1, 0.15) is 6.42 Å². The summed E-state index contributed by atoms with van der Waals surface area (Å²) in [6.45, 7) is 0. The van der Waals surface area contributed by atoms with E-state index in [0.29, 0.717) is 15.8 Å². The second-order valence-corrected chi connectivity index (χ2v) is 6.86. The molecule has 0 fully saturated rings. The van der Waals surface area contributed by atoms with Crippen molar-refractivity contribution in [3.05, 3.63) is 39.9 Å². The molecule has 0 unspecified atom stereocenters. The summed E-state index contributed by atoms with van der Waals surface area (Å²) in [5, 5.41) is 1.28. The molecule has 0 amide bonds. The third kappa shape index (κ3) is 9.04. The summed E-state index contributed by atoms with van der Waals surface area (Å²) in [5.74, 6) is 0.717. The molecule has 0 spiro atoms. The van der Waals surface area contributed by atoms with Gasteiger partial charge < -0.3 is 4.74 Å². The van der Waals surface area contributed by atoms with Gasteiger partial charge in [0, 0.05) is 10.0 Å². The van der Waals surface area contributed by atoms with Crippen LogP contribution < -0.4 is 0 Å². The number of allylic oxidation sites excluding steroid dienone is 1. The number of methoxy groups -OCH3 is 1. The van der Waals surface area contributed by atoms with E-state index in [2.05, 4.69) is 10.8 Å². The maximum atomic E-state index is 11.4. The monoisotopic (exact) mass is 374 g/mol. The average molecular weight is 375 g/mol. The number of halogens is 2. The van der Waals surface area contributed by atoms with Gasteiger partial charge in [-0.2, -0.15) is 11.8 Å². The number of carbonyl (C=O) groups is 2. The fourth-order valence-electron chi connectivity index (χ4n) is 1.78. The summed E-state index contributed by atoms with van der Waals surface area (Å²) in [5.41, 5.74) is 0.957. The second kappa shape index (κ2) is 11.5. The molecule has 0 radical (unpaired) electrons. The van der Waals surface area contributed by atoms with Crippen LogP contribution in [0.4, 0.5) is 0 Å². The molecule has 0 bridgehead atoms. The number of hydrogen-bond acceptors (Lipinski definition) is 4. The molecule has 1 aromatic rings. The molecular formula is C17H20Cl2O3S. The Balaban J connectivity index is 2.10. The Kier molecular flexibility index (Phi) is 10.1. The first-order valence-corrected chi connectivity index (χ1v) is 9.22. The summed E-state index contributed by atoms with van der Waals surface area (Å²) in [6, 6.07) is 5.43. The molecule has 0 aliphatic rings. The van der Waals surface area contributed by atoms with E-state index in [1.165, 1.54) is 7.11 Å². The number of ketones is 1. The van der Waals surface area contributed by atoms with Crippen molar-refractivity contribution in [3.63, 3.8) is 0 Å². The minimum absolute atomic E-state index is 0.0841. The molecule has 3 nitrogen and oxygen atoms in total. The smallest absolute Gasteiger partial charge is 0.313 e. The molecule has 0 aliphatic carbocycles. The van der Waals surface area contributed by atoms with Gasteiger partial charge >= 0.3 is 5.97 Å². The van der Waals surface area contributed by atoms with Crippen molar-refractivity contribution in [3.8, 4) is 0 Å². The van der Waals surface area contributed by atoms with E-state index in [4.69, 9.17) is 23.2 Å². The normalized spacial score (nSPS) is 10.9.